The molecule has 0 spiro atoms. The molecule has 0 unspecified atom stereocenters. The summed E-state index contributed by atoms with van der Waals surface area (Å²) in [6, 6.07) is 7.09. The Hall–Kier alpha value is -1.84. The van der Waals surface area contributed by atoms with Gasteiger partial charge in [0, 0.05) is 12.1 Å². The number of hydrogen-bond acceptors (Lipinski definition) is 2. The highest BCUT2D eigenvalue weighted by atomic mass is 16.2. The SMILES string of the molecule is CC[C@@H](C)NC(=O)c1ccccc1C(=O)N[C@H](C)CC. The standard InChI is InChI=1S/C16H24N2O2/c1-5-11(3)17-15(19)13-9-7-8-10-14(13)16(20)18-12(4)6-2/h7-12H,5-6H2,1-4H3,(H,17,19)(H,18,20)/t11-,12-/m1/s1. The predicted molar refractivity (Wildman–Crippen MR) is 80.9 cm³/mol. The summed E-state index contributed by atoms with van der Waals surface area (Å²) in [7, 11) is 0. The minimum absolute atomic E-state index is 0.0909. The van der Waals surface area contributed by atoms with E-state index in [2.05, 4.69) is 10.6 Å². The van der Waals surface area contributed by atoms with Gasteiger partial charge in [0.05, 0.1) is 11.1 Å². The van der Waals surface area contributed by atoms with E-state index in [1.54, 1.807) is 24.3 Å². The molecule has 4 heteroatoms. The van der Waals surface area contributed by atoms with Gasteiger partial charge in [0.2, 0.25) is 0 Å². The predicted octanol–water partition coefficient (Wildman–Crippen LogP) is 2.74. The van der Waals surface area contributed by atoms with Gasteiger partial charge >= 0.3 is 0 Å². The van der Waals surface area contributed by atoms with Crippen molar-refractivity contribution in [2.24, 2.45) is 0 Å². The molecule has 0 aliphatic rings. The number of carbonyl (C=O) groups is 2. The van der Waals surface area contributed by atoms with Crippen molar-refractivity contribution in [3.8, 4) is 0 Å². The summed E-state index contributed by atoms with van der Waals surface area (Å²) in [5, 5.41) is 5.78. The van der Waals surface area contributed by atoms with Gasteiger partial charge in [0.1, 0.15) is 0 Å². The highest BCUT2D eigenvalue weighted by Crippen LogP contribution is 2.10. The first kappa shape index (κ1) is 16.2. The average molecular weight is 276 g/mol. The molecule has 4 nitrogen and oxygen atoms in total. The van der Waals surface area contributed by atoms with Crippen LogP contribution in [0, 0.1) is 0 Å². The molecule has 2 atom stereocenters. The maximum absolute atomic E-state index is 12.2. The Labute approximate surface area is 121 Å². The third-order valence-corrected chi connectivity index (χ3v) is 3.40. The fourth-order valence-electron chi connectivity index (χ4n) is 1.69. The minimum atomic E-state index is -0.200. The monoisotopic (exact) mass is 276 g/mol. The van der Waals surface area contributed by atoms with Gasteiger partial charge < -0.3 is 10.6 Å². The summed E-state index contributed by atoms with van der Waals surface area (Å²) in [5.74, 6) is -0.400. The van der Waals surface area contributed by atoms with Crippen LogP contribution in [-0.4, -0.2) is 23.9 Å². The average Bonchev–Trinajstić information content (AvgIpc) is 2.46. The second-order valence-electron chi connectivity index (χ2n) is 5.11. The van der Waals surface area contributed by atoms with Crippen molar-refractivity contribution >= 4 is 11.8 Å². The summed E-state index contributed by atoms with van der Waals surface area (Å²) >= 11 is 0. The number of rotatable bonds is 6. The zero-order chi connectivity index (χ0) is 15.1. The van der Waals surface area contributed by atoms with Crippen LogP contribution in [0.15, 0.2) is 24.3 Å². The first-order chi connectivity index (χ1) is 9.49. The highest BCUT2D eigenvalue weighted by molar-refractivity contribution is 6.07. The van der Waals surface area contributed by atoms with Gasteiger partial charge in [0.25, 0.3) is 11.8 Å². The summed E-state index contributed by atoms with van der Waals surface area (Å²) in [5.41, 5.74) is 0.849. The van der Waals surface area contributed by atoms with Crippen LogP contribution in [0.25, 0.3) is 0 Å². The molecular formula is C16H24N2O2. The summed E-state index contributed by atoms with van der Waals surface area (Å²) in [6.45, 7) is 7.90. The molecule has 0 heterocycles. The van der Waals surface area contributed by atoms with Gasteiger partial charge in [-0.2, -0.15) is 0 Å². The van der Waals surface area contributed by atoms with Crippen molar-refractivity contribution in [3.05, 3.63) is 35.4 Å². The summed E-state index contributed by atoms with van der Waals surface area (Å²) in [6.07, 6.45) is 1.71. The molecule has 20 heavy (non-hydrogen) atoms. The minimum Gasteiger partial charge on any atom is -0.350 e. The quantitative estimate of drug-likeness (QED) is 0.839. The van der Waals surface area contributed by atoms with Crippen LogP contribution in [0.4, 0.5) is 0 Å². The van der Waals surface area contributed by atoms with E-state index in [0.717, 1.165) is 12.8 Å². The molecule has 0 aliphatic carbocycles. The van der Waals surface area contributed by atoms with E-state index >= 15 is 0 Å². The molecule has 0 aliphatic heterocycles. The molecule has 2 N–H and O–H groups in total. The van der Waals surface area contributed by atoms with Gasteiger partial charge in [-0.1, -0.05) is 26.0 Å². The first-order valence-electron chi connectivity index (χ1n) is 7.20. The molecule has 1 aromatic carbocycles. The van der Waals surface area contributed by atoms with Crippen LogP contribution < -0.4 is 10.6 Å². The van der Waals surface area contributed by atoms with Gasteiger partial charge in [0.15, 0.2) is 0 Å². The molecule has 1 aromatic rings. The Morgan fingerprint density at radius 1 is 0.900 bits per heavy atom. The fourth-order valence-corrected chi connectivity index (χ4v) is 1.69. The maximum atomic E-state index is 12.2. The smallest absolute Gasteiger partial charge is 0.252 e. The zero-order valence-electron chi connectivity index (χ0n) is 12.7. The molecular weight excluding hydrogens is 252 g/mol. The third kappa shape index (κ3) is 4.37. The Balaban J connectivity index is 2.93. The third-order valence-electron chi connectivity index (χ3n) is 3.40. The number of hydrogen-bond donors (Lipinski definition) is 2. The normalized spacial score (nSPS) is 13.4. The fraction of sp³-hybridized carbons (Fsp3) is 0.500. The first-order valence-corrected chi connectivity index (χ1v) is 7.20. The van der Waals surface area contributed by atoms with Crippen molar-refractivity contribution in [2.75, 3.05) is 0 Å². The molecule has 0 saturated carbocycles. The Morgan fingerprint density at radius 3 is 1.55 bits per heavy atom. The number of carbonyl (C=O) groups excluding carboxylic acids is 2. The lowest BCUT2D eigenvalue weighted by atomic mass is 10.0. The van der Waals surface area contributed by atoms with Crippen molar-refractivity contribution in [3.63, 3.8) is 0 Å². The molecule has 1 rings (SSSR count). The van der Waals surface area contributed by atoms with Crippen LogP contribution in [-0.2, 0) is 0 Å². The van der Waals surface area contributed by atoms with Gasteiger partial charge in [-0.25, -0.2) is 0 Å². The van der Waals surface area contributed by atoms with Crippen molar-refractivity contribution < 1.29 is 9.59 Å². The van der Waals surface area contributed by atoms with Gasteiger partial charge in [-0.15, -0.1) is 0 Å². The molecule has 110 valence electrons. The van der Waals surface area contributed by atoms with Gasteiger partial charge in [-0.3, -0.25) is 9.59 Å². The highest BCUT2D eigenvalue weighted by Gasteiger charge is 2.18. The summed E-state index contributed by atoms with van der Waals surface area (Å²) in [4.78, 5) is 24.4. The summed E-state index contributed by atoms with van der Waals surface area (Å²) < 4.78 is 0. The molecule has 0 bridgehead atoms. The van der Waals surface area contributed by atoms with Crippen molar-refractivity contribution in [2.45, 2.75) is 52.6 Å². The van der Waals surface area contributed by atoms with E-state index in [0.29, 0.717) is 11.1 Å². The Morgan fingerprint density at radius 2 is 1.25 bits per heavy atom. The van der Waals surface area contributed by atoms with Crippen LogP contribution in [0.1, 0.15) is 61.3 Å². The lowest BCUT2D eigenvalue weighted by molar-refractivity contribution is 0.0904. The zero-order valence-corrected chi connectivity index (χ0v) is 12.7. The Bertz CT molecular complexity index is 428. The lowest BCUT2D eigenvalue weighted by Crippen LogP contribution is -2.36. The van der Waals surface area contributed by atoms with Crippen LogP contribution >= 0.6 is 0 Å². The van der Waals surface area contributed by atoms with E-state index in [1.165, 1.54) is 0 Å². The lowest BCUT2D eigenvalue weighted by Gasteiger charge is -2.16. The molecule has 0 radical (unpaired) electrons. The Kier molecular flexibility index (Phi) is 6.22. The molecule has 0 fully saturated rings. The maximum Gasteiger partial charge on any atom is 0.252 e. The second-order valence-corrected chi connectivity index (χ2v) is 5.11. The number of amides is 2. The van der Waals surface area contributed by atoms with Crippen molar-refractivity contribution in [1.82, 2.24) is 10.6 Å². The van der Waals surface area contributed by atoms with Gasteiger partial charge in [-0.05, 0) is 38.8 Å². The van der Waals surface area contributed by atoms with Crippen LogP contribution in [0.5, 0.6) is 0 Å². The van der Waals surface area contributed by atoms with E-state index in [1.807, 2.05) is 27.7 Å². The second kappa shape index (κ2) is 7.68. The topological polar surface area (TPSA) is 58.2 Å². The van der Waals surface area contributed by atoms with Crippen molar-refractivity contribution in [1.29, 1.82) is 0 Å². The number of nitrogens with one attached hydrogen (secondary N) is 2. The van der Waals surface area contributed by atoms with E-state index < -0.39 is 0 Å². The molecule has 2 amide bonds. The largest absolute Gasteiger partial charge is 0.350 e. The van der Waals surface area contributed by atoms with E-state index in [9.17, 15) is 9.59 Å². The molecule has 0 saturated heterocycles. The van der Waals surface area contributed by atoms with Crippen LogP contribution in [0.2, 0.25) is 0 Å². The van der Waals surface area contributed by atoms with E-state index in [-0.39, 0.29) is 23.9 Å². The molecule has 0 aromatic heterocycles. The van der Waals surface area contributed by atoms with E-state index in [4.69, 9.17) is 0 Å². The van der Waals surface area contributed by atoms with Crippen LogP contribution in [0.3, 0.4) is 0 Å². The number of benzene rings is 1.